The van der Waals surface area contributed by atoms with Gasteiger partial charge in [0.15, 0.2) is 21.5 Å². The minimum atomic E-state index is -3.56. The Morgan fingerprint density at radius 2 is 1.75 bits per heavy atom. The van der Waals surface area contributed by atoms with Crippen LogP contribution in [0.15, 0.2) is 18.2 Å². The van der Waals surface area contributed by atoms with Gasteiger partial charge in [-0.25, -0.2) is 17.2 Å². The molecule has 6 heteroatoms. The summed E-state index contributed by atoms with van der Waals surface area (Å²) in [6.45, 7) is 0. The maximum absolute atomic E-state index is 13.1. The van der Waals surface area contributed by atoms with Gasteiger partial charge in [-0.3, -0.25) is 0 Å². The Bertz CT molecular complexity index is 578. The zero-order valence-corrected chi connectivity index (χ0v) is 11.9. The van der Waals surface area contributed by atoms with E-state index in [-0.39, 0.29) is 17.1 Å². The van der Waals surface area contributed by atoms with Crippen molar-refractivity contribution < 1.29 is 22.3 Å². The number of aliphatic hydroxyl groups is 1. The SMILES string of the molecule is O=S(=O)(Cc1ccc(F)c(F)c1)CC1(O)CCCCC1. The topological polar surface area (TPSA) is 54.4 Å². The minimum Gasteiger partial charge on any atom is -0.389 e. The standard InChI is InChI=1S/C14H18F2O3S/c15-12-5-4-11(8-13(12)16)9-20(18,19)10-14(17)6-2-1-3-7-14/h4-5,8,17H,1-3,6-7,9-10H2. The fraction of sp³-hybridized carbons (Fsp3) is 0.571. The molecule has 1 aromatic rings. The predicted molar refractivity (Wildman–Crippen MR) is 71.9 cm³/mol. The first-order chi connectivity index (χ1) is 9.30. The third kappa shape index (κ3) is 3.99. The van der Waals surface area contributed by atoms with E-state index in [4.69, 9.17) is 0 Å². The molecule has 0 heterocycles. The predicted octanol–water partition coefficient (Wildman–Crippen LogP) is 2.57. The molecule has 0 atom stereocenters. The maximum Gasteiger partial charge on any atom is 0.159 e. The first kappa shape index (κ1) is 15.4. The van der Waals surface area contributed by atoms with Crippen LogP contribution in [-0.4, -0.2) is 24.9 Å². The van der Waals surface area contributed by atoms with Crippen LogP contribution >= 0.6 is 0 Å². The maximum atomic E-state index is 13.1. The van der Waals surface area contributed by atoms with Gasteiger partial charge < -0.3 is 5.11 Å². The van der Waals surface area contributed by atoms with Gasteiger partial charge in [-0.1, -0.05) is 25.3 Å². The molecule has 1 aromatic carbocycles. The monoisotopic (exact) mass is 304 g/mol. The molecule has 0 saturated heterocycles. The van der Waals surface area contributed by atoms with Crippen LogP contribution in [0.3, 0.4) is 0 Å². The van der Waals surface area contributed by atoms with Gasteiger partial charge in [-0.2, -0.15) is 0 Å². The summed E-state index contributed by atoms with van der Waals surface area (Å²) >= 11 is 0. The van der Waals surface area contributed by atoms with E-state index < -0.39 is 27.1 Å². The highest BCUT2D eigenvalue weighted by Crippen LogP contribution is 2.30. The van der Waals surface area contributed by atoms with Crippen molar-refractivity contribution in [1.29, 1.82) is 0 Å². The lowest BCUT2D eigenvalue weighted by Gasteiger charge is -2.31. The summed E-state index contributed by atoms with van der Waals surface area (Å²) in [4.78, 5) is 0. The number of halogens is 2. The molecule has 1 N–H and O–H groups in total. The van der Waals surface area contributed by atoms with Crippen molar-refractivity contribution in [2.75, 3.05) is 5.75 Å². The van der Waals surface area contributed by atoms with Gasteiger partial charge in [0.25, 0.3) is 0 Å². The summed E-state index contributed by atoms with van der Waals surface area (Å²) in [5.74, 6) is -2.77. The number of hydrogen-bond donors (Lipinski definition) is 1. The van der Waals surface area contributed by atoms with Crippen LogP contribution < -0.4 is 0 Å². The molecule has 0 unspecified atom stereocenters. The molecular formula is C14H18F2O3S. The lowest BCUT2D eigenvalue weighted by Crippen LogP contribution is -2.39. The van der Waals surface area contributed by atoms with Crippen molar-refractivity contribution in [3.05, 3.63) is 35.4 Å². The van der Waals surface area contributed by atoms with E-state index in [1.54, 1.807) is 0 Å². The van der Waals surface area contributed by atoms with Gasteiger partial charge in [0.05, 0.1) is 17.1 Å². The number of sulfone groups is 1. The van der Waals surface area contributed by atoms with Crippen LogP contribution in [0.2, 0.25) is 0 Å². The number of rotatable bonds is 4. The summed E-state index contributed by atoms with van der Waals surface area (Å²) in [7, 11) is -3.56. The molecule has 0 radical (unpaired) electrons. The van der Waals surface area contributed by atoms with E-state index in [1.807, 2.05) is 0 Å². The highest BCUT2D eigenvalue weighted by atomic mass is 32.2. The second-order valence-electron chi connectivity index (χ2n) is 5.57. The molecule has 0 bridgehead atoms. The number of hydrogen-bond acceptors (Lipinski definition) is 3. The molecule has 1 aliphatic carbocycles. The molecule has 0 amide bonds. The smallest absolute Gasteiger partial charge is 0.159 e. The molecule has 2 rings (SSSR count). The third-order valence-corrected chi connectivity index (χ3v) is 5.39. The van der Waals surface area contributed by atoms with Gasteiger partial charge in [-0.05, 0) is 30.5 Å². The van der Waals surface area contributed by atoms with Crippen LogP contribution in [-0.2, 0) is 15.6 Å². The fourth-order valence-corrected chi connectivity index (χ4v) is 4.59. The lowest BCUT2D eigenvalue weighted by atomic mass is 9.86. The Morgan fingerprint density at radius 1 is 1.10 bits per heavy atom. The van der Waals surface area contributed by atoms with Gasteiger partial charge in [-0.15, -0.1) is 0 Å². The fourth-order valence-electron chi connectivity index (χ4n) is 2.70. The quantitative estimate of drug-likeness (QED) is 0.930. The second kappa shape index (κ2) is 5.77. The van der Waals surface area contributed by atoms with Crippen molar-refractivity contribution in [2.45, 2.75) is 43.5 Å². The Balaban J connectivity index is 2.08. The Hall–Kier alpha value is -1.01. The van der Waals surface area contributed by atoms with Crippen molar-refractivity contribution in [2.24, 2.45) is 0 Å². The van der Waals surface area contributed by atoms with Crippen molar-refractivity contribution in [1.82, 2.24) is 0 Å². The molecule has 0 aromatic heterocycles. The Morgan fingerprint density at radius 3 is 2.35 bits per heavy atom. The van der Waals surface area contributed by atoms with E-state index in [1.165, 1.54) is 6.07 Å². The highest BCUT2D eigenvalue weighted by Gasteiger charge is 2.34. The molecule has 1 fully saturated rings. The zero-order valence-electron chi connectivity index (χ0n) is 11.1. The molecule has 20 heavy (non-hydrogen) atoms. The summed E-state index contributed by atoms with van der Waals surface area (Å²) < 4.78 is 50.1. The van der Waals surface area contributed by atoms with Crippen molar-refractivity contribution in [3.63, 3.8) is 0 Å². The summed E-state index contributed by atoms with van der Waals surface area (Å²) in [6, 6.07) is 3.05. The third-order valence-electron chi connectivity index (χ3n) is 3.64. The second-order valence-corrected chi connectivity index (χ2v) is 7.63. The normalized spacial score (nSPS) is 18.9. The van der Waals surface area contributed by atoms with Gasteiger partial charge in [0.1, 0.15) is 0 Å². The van der Waals surface area contributed by atoms with Crippen molar-refractivity contribution in [3.8, 4) is 0 Å². The Labute approximate surface area is 117 Å². The lowest BCUT2D eigenvalue weighted by molar-refractivity contribution is 0.0257. The number of benzene rings is 1. The molecule has 3 nitrogen and oxygen atoms in total. The van der Waals surface area contributed by atoms with Gasteiger partial charge in [0, 0.05) is 0 Å². The highest BCUT2D eigenvalue weighted by molar-refractivity contribution is 7.90. The molecular weight excluding hydrogens is 286 g/mol. The van der Waals surface area contributed by atoms with Gasteiger partial charge in [0.2, 0.25) is 0 Å². The molecule has 1 aliphatic rings. The van der Waals surface area contributed by atoms with Crippen LogP contribution in [0.5, 0.6) is 0 Å². The van der Waals surface area contributed by atoms with Crippen LogP contribution in [0, 0.1) is 11.6 Å². The molecule has 0 aliphatic heterocycles. The van der Waals surface area contributed by atoms with E-state index in [2.05, 4.69) is 0 Å². The van der Waals surface area contributed by atoms with E-state index >= 15 is 0 Å². The Kier molecular flexibility index (Phi) is 4.44. The molecule has 1 saturated carbocycles. The average Bonchev–Trinajstić information content (AvgIpc) is 2.33. The summed E-state index contributed by atoms with van der Waals surface area (Å²) in [5, 5.41) is 10.3. The van der Waals surface area contributed by atoms with E-state index in [0.29, 0.717) is 12.8 Å². The first-order valence-corrected chi connectivity index (χ1v) is 8.49. The van der Waals surface area contributed by atoms with E-state index in [0.717, 1.165) is 31.4 Å². The summed E-state index contributed by atoms with van der Waals surface area (Å²) in [6.07, 6.45) is 3.59. The van der Waals surface area contributed by atoms with Gasteiger partial charge >= 0.3 is 0 Å². The molecule has 0 spiro atoms. The average molecular weight is 304 g/mol. The van der Waals surface area contributed by atoms with Crippen molar-refractivity contribution >= 4 is 9.84 Å². The zero-order chi connectivity index (χ0) is 14.8. The van der Waals surface area contributed by atoms with E-state index in [9.17, 15) is 22.3 Å². The minimum absolute atomic E-state index is 0.198. The summed E-state index contributed by atoms with van der Waals surface area (Å²) in [5.41, 5.74) is -0.973. The first-order valence-electron chi connectivity index (χ1n) is 6.66. The van der Waals surface area contributed by atoms with Crippen LogP contribution in [0.1, 0.15) is 37.7 Å². The van der Waals surface area contributed by atoms with Crippen LogP contribution in [0.4, 0.5) is 8.78 Å². The van der Waals surface area contributed by atoms with Crippen LogP contribution in [0.25, 0.3) is 0 Å². The molecule has 112 valence electrons. The largest absolute Gasteiger partial charge is 0.389 e.